The number of nitrogens with zero attached hydrogens (tertiary/aromatic N) is 1. The summed E-state index contributed by atoms with van der Waals surface area (Å²) in [5, 5.41) is 11.6. The Hall–Kier alpha value is -2.12. The summed E-state index contributed by atoms with van der Waals surface area (Å²) in [6.45, 7) is 0. The molecule has 0 atom stereocenters. The Labute approximate surface area is 118 Å². The molecule has 1 aliphatic rings. The first-order valence-electron chi connectivity index (χ1n) is 6.34. The molecule has 0 saturated heterocycles. The van der Waals surface area contributed by atoms with Crippen LogP contribution in [0.1, 0.15) is 41.7 Å². The normalized spacial score (nSPS) is 17.5. The van der Waals surface area contributed by atoms with Gasteiger partial charge in [0, 0.05) is 6.20 Å². The van der Waals surface area contributed by atoms with E-state index < -0.39 is 29.2 Å². The minimum atomic E-state index is -4.53. The molecule has 0 bridgehead atoms. The van der Waals surface area contributed by atoms with Gasteiger partial charge >= 0.3 is 12.1 Å². The van der Waals surface area contributed by atoms with Crippen molar-refractivity contribution in [2.75, 3.05) is 0 Å². The molecule has 0 aliphatic heterocycles. The van der Waals surface area contributed by atoms with E-state index in [-0.39, 0.29) is 5.69 Å². The van der Waals surface area contributed by atoms with Gasteiger partial charge in [-0.2, -0.15) is 13.2 Å². The predicted molar refractivity (Wildman–Crippen MR) is 65.5 cm³/mol. The molecular formula is C13H13F3N2O3. The molecule has 0 aromatic carbocycles. The average molecular weight is 302 g/mol. The van der Waals surface area contributed by atoms with E-state index in [1.807, 2.05) is 0 Å². The molecule has 1 saturated carbocycles. The molecule has 1 aromatic rings. The topological polar surface area (TPSA) is 79.3 Å². The molecule has 1 fully saturated rings. The molecule has 21 heavy (non-hydrogen) atoms. The highest BCUT2D eigenvalue weighted by Gasteiger charge is 2.43. The zero-order valence-corrected chi connectivity index (χ0v) is 10.9. The molecule has 1 aliphatic carbocycles. The summed E-state index contributed by atoms with van der Waals surface area (Å²) < 4.78 is 37.2. The number of carbonyl (C=O) groups excluding carboxylic acids is 1. The summed E-state index contributed by atoms with van der Waals surface area (Å²) in [5.41, 5.74) is -2.55. The van der Waals surface area contributed by atoms with Crippen LogP contribution >= 0.6 is 0 Å². The Balaban J connectivity index is 2.15. The zero-order chi connectivity index (χ0) is 15.7. The smallest absolute Gasteiger partial charge is 0.417 e. The van der Waals surface area contributed by atoms with Crippen molar-refractivity contribution in [3.8, 4) is 0 Å². The molecule has 0 unspecified atom stereocenters. The number of hydrogen-bond donors (Lipinski definition) is 2. The quantitative estimate of drug-likeness (QED) is 0.897. The van der Waals surface area contributed by atoms with E-state index in [0.717, 1.165) is 12.1 Å². The Morgan fingerprint density at radius 3 is 2.29 bits per heavy atom. The van der Waals surface area contributed by atoms with Gasteiger partial charge in [-0.25, -0.2) is 4.79 Å². The van der Waals surface area contributed by atoms with E-state index in [0.29, 0.717) is 31.9 Å². The van der Waals surface area contributed by atoms with Gasteiger partial charge in [-0.05, 0) is 25.0 Å². The molecule has 1 heterocycles. The van der Waals surface area contributed by atoms with Crippen LogP contribution < -0.4 is 5.32 Å². The van der Waals surface area contributed by atoms with Gasteiger partial charge in [0.2, 0.25) is 0 Å². The van der Waals surface area contributed by atoms with Crippen LogP contribution in [0, 0.1) is 0 Å². The Kier molecular flexibility index (Phi) is 3.89. The number of aliphatic carboxylic acids is 1. The van der Waals surface area contributed by atoms with E-state index in [4.69, 9.17) is 0 Å². The van der Waals surface area contributed by atoms with Crippen LogP contribution in [0.15, 0.2) is 18.3 Å². The van der Waals surface area contributed by atoms with Gasteiger partial charge in [-0.3, -0.25) is 9.78 Å². The van der Waals surface area contributed by atoms with Gasteiger partial charge in [0.15, 0.2) is 0 Å². The summed E-state index contributed by atoms with van der Waals surface area (Å²) in [4.78, 5) is 26.7. The second kappa shape index (κ2) is 5.34. The third kappa shape index (κ3) is 3.14. The van der Waals surface area contributed by atoms with Crippen molar-refractivity contribution in [3.05, 3.63) is 29.6 Å². The Morgan fingerprint density at radius 1 is 1.24 bits per heavy atom. The number of pyridine rings is 1. The molecule has 0 spiro atoms. The minimum absolute atomic E-state index is 0.240. The number of aromatic nitrogens is 1. The number of carboxylic acid groups (broad SMARTS) is 1. The number of nitrogens with one attached hydrogen (secondary N) is 1. The summed E-state index contributed by atoms with van der Waals surface area (Å²) in [7, 11) is 0. The standard InChI is InChI=1S/C13H13F3N2O3/c14-13(15,16)8-3-4-9(17-7-8)10(19)18-12(11(20)21)5-1-2-6-12/h3-4,7H,1-2,5-6H2,(H,18,19)(H,20,21). The minimum Gasteiger partial charge on any atom is -0.480 e. The molecule has 1 amide bonds. The van der Waals surface area contributed by atoms with Gasteiger partial charge in [0.05, 0.1) is 5.56 Å². The summed E-state index contributed by atoms with van der Waals surface area (Å²) in [6.07, 6.45) is -2.03. The summed E-state index contributed by atoms with van der Waals surface area (Å²) in [5.74, 6) is -1.92. The number of halogens is 3. The summed E-state index contributed by atoms with van der Waals surface area (Å²) >= 11 is 0. The number of carboxylic acids is 1. The predicted octanol–water partition coefficient (Wildman–Crippen LogP) is 2.23. The van der Waals surface area contributed by atoms with Crippen LogP contribution in [0.3, 0.4) is 0 Å². The van der Waals surface area contributed by atoms with E-state index in [1.165, 1.54) is 0 Å². The van der Waals surface area contributed by atoms with Gasteiger partial charge in [0.1, 0.15) is 11.2 Å². The fraction of sp³-hybridized carbons (Fsp3) is 0.462. The molecule has 2 N–H and O–H groups in total. The maximum Gasteiger partial charge on any atom is 0.417 e. The third-order valence-electron chi connectivity index (χ3n) is 3.54. The number of amides is 1. The number of carbonyl (C=O) groups is 2. The van der Waals surface area contributed by atoms with Crippen molar-refractivity contribution in [1.82, 2.24) is 10.3 Å². The Morgan fingerprint density at radius 2 is 1.86 bits per heavy atom. The Bertz CT molecular complexity index is 549. The van der Waals surface area contributed by atoms with Crippen molar-refractivity contribution in [3.63, 3.8) is 0 Å². The monoisotopic (exact) mass is 302 g/mol. The molecule has 5 nitrogen and oxygen atoms in total. The van der Waals surface area contributed by atoms with Crippen molar-refractivity contribution in [1.29, 1.82) is 0 Å². The van der Waals surface area contributed by atoms with Crippen LogP contribution in [-0.4, -0.2) is 27.5 Å². The highest BCUT2D eigenvalue weighted by Crippen LogP contribution is 2.31. The second-order valence-corrected chi connectivity index (χ2v) is 4.98. The highest BCUT2D eigenvalue weighted by atomic mass is 19.4. The molecule has 1 aromatic heterocycles. The van der Waals surface area contributed by atoms with Crippen LogP contribution in [-0.2, 0) is 11.0 Å². The van der Waals surface area contributed by atoms with Crippen LogP contribution in [0.2, 0.25) is 0 Å². The van der Waals surface area contributed by atoms with Gasteiger partial charge in [0.25, 0.3) is 5.91 Å². The summed E-state index contributed by atoms with van der Waals surface area (Å²) in [6, 6.07) is 1.67. The van der Waals surface area contributed by atoms with Crippen molar-refractivity contribution in [2.45, 2.75) is 37.4 Å². The molecule has 2 rings (SSSR count). The maximum atomic E-state index is 12.4. The van der Waals surface area contributed by atoms with E-state index >= 15 is 0 Å². The van der Waals surface area contributed by atoms with Crippen molar-refractivity contribution in [2.24, 2.45) is 0 Å². The lowest BCUT2D eigenvalue weighted by Crippen LogP contribution is -2.52. The van der Waals surface area contributed by atoms with E-state index in [2.05, 4.69) is 10.3 Å². The molecule has 0 radical (unpaired) electrons. The lowest BCUT2D eigenvalue weighted by Gasteiger charge is -2.25. The first-order chi connectivity index (χ1) is 9.74. The fourth-order valence-electron chi connectivity index (χ4n) is 2.35. The van der Waals surface area contributed by atoms with Crippen LogP contribution in [0.4, 0.5) is 13.2 Å². The van der Waals surface area contributed by atoms with Crippen LogP contribution in [0.5, 0.6) is 0 Å². The first kappa shape index (κ1) is 15.3. The van der Waals surface area contributed by atoms with Crippen molar-refractivity contribution >= 4 is 11.9 Å². The lowest BCUT2D eigenvalue weighted by molar-refractivity contribution is -0.144. The highest BCUT2D eigenvalue weighted by molar-refractivity contribution is 5.96. The van der Waals surface area contributed by atoms with Crippen molar-refractivity contribution < 1.29 is 27.9 Å². The maximum absolute atomic E-state index is 12.4. The zero-order valence-electron chi connectivity index (χ0n) is 10.9. The number of hydrogen-bond acceptors (Lipinski definition) is 3. The SMILES string of the molecule is O=C(NC1(C(=O)O)CCCC1)c1ccc(C(F)(F)F)cn1. The van der Waals surface area contributed by atoms with Gasteiger partial charge in [-0.15, -0.1) is 0 Å². The lowest BCUT2D eigenvalue weighted by atomic mass is 9.97. The van der Waals surface area contributed by atoms with Crippen LogP contribution in [0.25, 0.3) is 0 Å². The molecule has 114 valence electrons. The number of alkyl halides is 3. The third-order valence-corrected chi connectivity index (χ3v) is 3.54. The number of rotatable bonds is 3. The first-order valence-corrected chi connectivity index (χ1v) is 6.34. The largest absolute Gasteiger partial charge is 0.480 e. The average Bonchev–Trinajstić information content (AvgIpc) is 2.88. The molecular weight excluding hydrogens is 289 g/mol. The fourth-order valence-corrected chi connectivity index (χ4v) is 2.35. The van der Waals surface area contributed by atoms with E-state index in [9.17, 15) is 27.9 Å². The second-order valence-electron chi connectivity index (χ2n) is 4.98. The van der Waals surface area contributed by atoms with Gasteiger partial charge in [-0.1, -0.05) is 12.8 Å². The molecule has 8 heteroatoms. The van der Waals surface area contributed by atoms with E-state index in [1.54, 1.807) is 0 Å². The van der Waals surface area contributed by atoms with Gasteiger partial charge < -0.3 is 10.4 Å².